The maximum atomic E-state index is 12.6. The molecule has 0 aromatic carbocycles. The van der Waals surface area contributed by atoms with Crippen molar-refractivity contribution >= 4 is 11.7 Å². The summed E-state index contributed by atoms with van der Waals surface area (Å²) < 4.78 is 7.55. The van der Waals surface area contributed by atoms with E-state index in [0.717, 1.165) is 37.2 Å². The molecule has 25 heavy (non-hydrogen) atoms. The average molecular weight is 344 g/mol. The van der Waals surface area contributed by atoms with Gasteiger partial charge in [0.05, 0.1) is 25.3 Å². The Hall–Kier alpha value is -1.84. The van der Waals surface area contributed by atoms with Crippen molar-refractivity contribution in [1.29, 1.82) is 5.26 Å². The van der Waals surface area contributed by atoms with E-state index in [-0.39, 0.29) is 5.91 Å². The van der Waals surface area contributed by atoms with Gasteiger partial charge in [0.15, 0.2) is 0 Å². The van der Waals surface area contributed by atoms with Gasteiger partial charge in [0.2, 0.25) is 5.91 Å². The molecule has 1 N–H and O–H groups in total. The fourth-order valence-electron chi connectivity index (χ4n) is 4.02. The van der Waals surface area contributed by atoms with E-state index in [2.05, 4.69) is 27.8 Å². The fraction of sp³-hybridized carbons (Fsp3) is 0.684. The zero-order valence-corrected chi connectivity index (χ0v) is 15.3. The number of aromatic nitrogens is 1. The number of ether oxygens (including phenoxy) is 1. The molecule has 2 aliphatic rings. The van der Waals surface area contributed by atoms with Crippen LogP contribution in [0.15, 0.2) is 0 Å². The van der Waals surface area contributed by atoms with Gasteiger partial charge in [-0.2, -0.15) is 5.26 Å². The Morgan fingerprint density at radius 1 is 1.24 bits per heavy atom. The molecule has 1 saturated heterocycles. The molecule has 6 nitrogen and oxygen atoms in total. The summed E-state index contributed by atoms with van der Waals surface area (Å²) in [5.74, 6) is 0.649. The second kappa shape index (κ2) is 8.03. The van der Waals surface area contributed by atoms with Crippen LogP contribution < -0.4 is 5.32 Å². The Balaban J connectivity index is 1.82. The Bertz CT molecular complexity index is 662. The molecule has 2 fully saturated rings. The van der Waals surface area contributed by atoms with Crippen LogP contribution in [0.1, 0.15) is 55.0 Å². The number of anilines is 1. The first-order valence-electron chi connectivity index (χ1n) is 9.33. The molecule has 1 saturated carbocycles. The lowest BCUT2D eigenvalue weighted by molar-refractivity contribution is -0.118. The summed E-state index contributed by atoms with van der Waals surface area (Å²) >= 11 is 0. The van der Waals surface area contributed by atoms with E-state index in [1.54, 1.807) is 0 Å². The summed E-state index contributed by atoms with van der Waals surface area (Å²) in [7, 11) is 0. The van der Waals surface area contributed by atoms with E-state index in [0.29, 0.717) is 37.2 Å². The van der Waals surface area contributed by atoms with Gasteiger partial charge in [0.25, 0.3) is 0 Å². The first-order valence-corrected chi connectivity index (χ1v) is 9.33. The topological polar surface area (TPSA) is 70.3 Å². The first-order chi connectivity index (χ1) is 12.1. The molecular formula is C19H28N4O2. The van der Waals surface area contributed by atoms with Gasteiger partial charge in [-0.3, -0.25) is 9.69 Å². The number of amides is 1. The molecule has 0 atom stereocenters. The quantitative estimate of drug-likeness (QED) is 0.912. The monoisotopic (exact) mass is 344 g/mol. The number of carbonyl (C=O) groups excluding carboxylic acids is 1. The summed E-state index contributed by atoms with van der Waals surface area (Å²) in [6.45, 7) is 7.29. The van der Waals surface area contributed by atoms with Crippen LogP contribution in [0.5, 0.6) is 0 Å². The summed E-state index contributed by atoms with van der Waals surface area (Å²) in [4.78, 5) is 14.7. The summed E-state index contributed by atoms with van der Waals surface area (Å²) in [6.07, 6.45) is 5.94. The third kappa shape index (κ3) is 3.88. The lowest BCUT2D eigenvalue weighted by Crippen LogP contribution is -2.41. The van der Waals surface area contributed by atoms with Crippen molar-refractivity contribution in [3.05, 3.63) is 16.8 Å². The van der Waals surface area contributed by atoms with Crippen LogP contribution in [0.4, 0.5) is 5.82 Å². The SMILES string of the molecule is Cc1c(C#N)c(NC(=O)CN2CCOCC2)n(C2CCCCC2)c1C. The third-order valence-electron chi connectivity index (χ3n) is 5.54. The van der Waals surface area contributed by atoms with Gasteiger partial charge in [0.1, 0.15) is 11.9 Å². The minimum absolute atomic E-state index is 0.0482. The lowest BCUT2D eigenvalue weighted by Gasteiger charge is -2.28. The van der Waals surface area contributed by atoms with Crippen molar-refractivity contribution in [2.75, 3.05) is 38.2 Å². The molecule has 1 aliphatic carbocycles. The van der Waals surface area contributed by atoms with E-state index < -0.39 is 0 Å². The predicted molar refractivity (Wildman–Crippen MR) is 96.6 cm³/mol. The minimum Gasteiger partial charge on any atom is -0.379 e. The van der Waals surface area contributed by atoms with E-state index in [1.165, 1.54) is 19.3 Å². The van der Waals surface area contributed by atoms with Crippen molar-refractivity contribution in [2.45, 2.75) is 52.0 Å². The predicted octanol–water partition coefficient (Wildman–Crippen LogP) is 2.75. The summed E-state index contributed by atoms with van der Waals surface area (Å²) in [6, 6.07) is 2.69. The van der Waals surface area contributed by atoms with Crippen LogP contribution >= 0.6 is 0 Å². The molecule has 0 spiro atoms. The van der Waals surface area contributed by atoms with Crippen molar-refractivity contribution < 1.29 is 9.53 Å². The zero-order valence-electron chi connectivity index (χ0n) is 15.3. The van der Waals surface area contributed by atoms with Crippen LogP contribution in [0.2, 0.25) is 0 Å². The highest BCUT2D eigenvalue weighted by Crippen LogP contribution is 2.36. The average Bonchev–Trinajstić information content (AvgIpc) is 2.86. The Kier molecular flexibility index (Phi) is 5.77. The first kappa shape index (κ1) is 18.0. The summed E-state index contributed by atoms with van der Waals surface area (Å²) in [5.41, 5.74) is 2.69. The van der Waals surface area contributed by atoms with Gasteiger partial charge in [-0.25, -0.2) is 0 Å². The molecule has 1 aromatic rings. The maximum Gasteiger partial charge on any atom is 0.239 e. The number of hydrogen-bond donors (Lipinski definition) is 1. The van der Waals surface area contributed by atoms with E-state index in [9.17, 15) is 10.1 Å². The molecule has 136 valence electrons. The number of carbonyl (C=O) groups is 1. The van der Waals surface area contributed by atoms with Crippen LogP contribution in [-0.2, 0) is 9.53 Å². The highest BCUT2D eigenvalue weighted by molar-refractivity contribution is 5.93. The molecule has 6 heteroatoms. The Morgan fingerprint density at radius 2 is 1.92 bits per heavy atom. The zero-order chi connectivity index (χ0) is 17.8. The molecule has 1 aromatic heterocycles. The largest absolute Gasteiger partial charge is 0.379 e. The lowest BCUT2D eigenvalue weighted by atomic mass is 9.95. The molecule has 0 unspecified atom stereocenters. The van der Waals surface area contributed by atoms with Crippen molar-refractivity contribution in [3.8, 4) is 6.07 Å². The third-order valence-corrected chi connectivity index (χ3v) is 5.54. The second-order valence-corrected chi connectivity index (χ2v) is 7.14. The van der Waals surface area contributed by atoms with Gasteiger partial charge < -0.3 is 14.6 Å². The van der Waals surface area contributed by atoms with E-state index in [1.807, 2.05) is 6.92 Å². The summed E-state index contributed by atoms with van der Waals surface area (Å²) in [5, 5.41) is 12.7. The number of rotatable bonds is 4. The molecule has 3 rings (SSSR count). The van der Waals surface area contributed by atoms with Crippen LogP contribution in [-0.4, -0.2) is 48.2 Å². The van der Waals surface area contributed by atoms with Crippen LogP contribution in [0, 0.1) is 25.2 Å². The number of nitrogens with one attached hydrogen (secondary N) is 1. The standard InChI is InChI=1S/C19H28N4O2/c1-14-15(2)23(16-6-4-3-5-7-16)19(17(14)12-20)21-18(24)13-22-8-10-25-11-9-22/h16H,3-11,13H2,1-2H3,(H,21,24). The van der Waals surface area contributed by atoms with Crippen LogP contribution in [0.3, 0.4) is 0 Å². The number of morpholine rings is 1. The van der Waals surface area contributed by atoms with Gasteiger partial charge >= 0.3 is 0 Å². The van der Waals surface area contributed by atoms with Crippen molar-refractivity contribution in [1.82, 2.24) is 9.47 Å². The maximum absolute atomic E-state index is 12.6. The number of nitrogens with zero attached hydrogens (tertiary/aromatic N) is 3. The van der Waals surface area contributed by atoms with Gasteiger partial charge in [-0.1, -0.05) is 19.3 Å². The minimum atomic E-state index is -0.0482. The van der Waals surface area contributed by atoms with Gasteiger partial charge in [0, 0.05) is 24.8 Å². The van der Waals surface area contributed by atoms with E-state index in [4.69, 9.17) is 4.74 Å². The Morgan fingerprint density at radius 3 is 2.56 bits per heavy atom. The highest BCUT2D eigenvalue weighted by atomic mass is 16.5. The fourth-order valence-corrected chi connectivity index (χ4v) is 4.02. The molecule has 1 amide bonds. The smallest absolute Gasteiger partial charge is 0.239 e. The number of hydrogen-bond acceptors (Lipinski definition) is 4. The number of nitriles is 1. The second-order valence-electron chi connectivity index (χ2n) is 7.14. The molecular weight excluding hydrogens is 316 g/mol. The van der Waals surface area contributed by atoms with Crippen molar-refractivity contribution in [2.24, 2.45) is 0 Å². The van der Waals surface area contributed by atoms with Gasteiger partial charge in [-0.15, -0.1) is 0 Å². The van der Waals surface area contributed by atoms with Crippen molar-refractivity contribution in [3.63, 3.8) is 0 Å². The molecule has 2 heterocycles. The van der Waals surface area contributed by atoms with Gasteiger partial charge in [-0.05, 0) is 32.3 Å². The molecule has 0 bridgehead atoms. The Labute approximate surface area is 149 Å². The van der Waals surface area contributed by atoms with E-state index >= 15 is 0 Å². The normalized spacial score (nSPS) is 19.6. The van der Waals surface area contributed by atoms with Crippen LogP contribution in [0.25, 0.3) is 0 Å². The highest BCUT2D eigenvalue weighted by Gasteiger charge is 2.26. The molecule has 0 radical (unpaired) electrons. The molecule has 1 aliphatic heterocycles.